The number of amides is 1. The molecule has 1 unspecified atom stereocenters. The highest BCUT2D eigenvalue weighted by Gasteiger charge is 2.26. The van der Waals surface area contributed by atoms with Gasteiger partial charge in [-0.2, -0.15) is 0 Å². The Hall–Kier alpha value is -1.26. The van der Waals surface area contributed by atoms with E-state index in [1.54, 1.807) is 12.1 Å². The number of likely N-dealkylation sites (tertiary alicyclic amines) is 1. The van der Waals surface area contributed by atoms with Crippen LogP contribution < -0.4 is 5.32 Å². The second kappa shape index (κ2) is 8.62. The minimum absolute atomic E-state index is 0.0288. The molecule has 1 aliphatic rings. The number of hydrogen-bond acceptors (Lipinski definition) is 2. The molecule has 3 rings (SSSR count). The maximum atomic E-state index is 12.7. The average Bonchev–Trinajstić information content (AvgIpc) is 2.62. The van der Waals surface area contributed by atoms with Gasteiger partial charge < -0.3 is 5.32 Å². The summed E-state index contributed by atoms with van der Waals surface area (Å²) in [5.74, 6) is -0.0985. The maximum Gasteiger partial charge on any atom is 0.228 e. The van der Waals surface area contributed by atoms with Crippen LogP contribution in [0.25, 0.3) is 0 Å². The predicted molar refractivity (Wildman–Crippen MR) is 109 cm³/mol. The van der Waals surface area contributed by atoms with Crippen LogP contribution in [-0.2, 0) is 11.3 Å². The van der Waals surface area contributed by atoms with Gasteiger partial charge in [-0.15, -0.1) is 0 Å². The van der Waals surface area contributed by atoms with Crippen molar-refractivity contribution in [2.24, 2.45) is 5.92 Å². The van der Waals surface area contributed by atoms with Crippen LogP contribution in [0.3, 0.4) is 0 Å². The summed E-state index contributed by atoms with van der Waals surface area (Å²) in [7, 11) is 0. The summed E-state index contributed by atoms with van der Waals surface area (Å²) in [6, 6.07) is 11.7. The first kappa shape index (κ1) is 19.5. The smallest absolute Gasteiger partial charge is 0.228 e. The second-order valence-corrected chi connectivity index (χ2v) is 8.02. The van der Waals surface area contributed by atoms with Crippen molar-refractivity contribution < 1.29 is 4.79 Å². The molecule has 0 radical (unpaired) electrons. The lowest BCUT2D eigenvalue weighted by atomic mass is 9.96. The Morgan fingerprint density at radius 2 is 1.81 bits per heavy atom. The molecule has 0 saturated carbocycles. The van der Waals surface area contributed by atoms with Gasteiger partial charge in [0.1, 0.15) is 0 Å². The molecule has 1 aliphatic heterocycles. The van der Waals surface area contributed by atoms with E-state index in [4.69, 9.17) is 34.8 Å². The van der Waals surface area contributed by atoms with Crippen LogP contribution in [-0.4, -0.2) is 23.9 Å². The monoisotopic (exact) mass is 410 g/mol. The van der Waals surface area contributed by atoms with Crippen LogP contribution in [0, 0.1) is 12.8 Å². The molecule has 138 valence electrons. The molecule has 26 heavy (non-hydrogen) atoms. The van der Waals surface area contributed by atoms with Gasteiger partial charge in [0.25, 0.3) is 0 Å². The molecule has 0 spiro atoms. The highest BCUT2D eigenvalue weighted by atomic mass is 35.5. The molecule has 2 aromatic carbocycles. The zero-order chi connectivity index (χ0) is 18.7. The molecule has 0 bridgehead atoms. The summed E-state index contributed by atoms with van der Waals surface area (Å²) in [5, 5.41) is 4.03. The van der Waals surface area contributed by atoms with E-state index in [2.05, 4.69) is 41.4 Å². The number of carbonyl (C=O) groups is 1. The number of piperidine rings is 1. The van der Waals surface area contributed by atoms with Crippen molar-refractivity contribution in [3.63, 3.8) is 0 Å². The molecule has 3 nitrogen and oxygen atoms in total. The Kier molecular flexibility index (Phi) is 6.46. The lowest BCUT2D eigenvalue weighted by molar-refractivity contribution is -0.121. The molecule has 0 aliphatic carbocycles. The zero-order valence-electron chi connectivity index (χ0n) is 14.6. The number of benzene rings is 2. The number of nitrogens with one attached hydrogen (secondary N) is 1. The van der Waals surface area contributed by atoms with E-state index < -0.39 is 0 Å². The van der Waals surface area contributed by atoms with E-state index in [9.17, 15) is 4.79 Å². The van der Waals surface area contributed by atoms with Gasteiger partial charge in [0, 0.05) is 13.1 Å². The van der Waals surface area contributed by atoms with Crippen molar-refractivity contribution >= 4 is 46.4 Å². The van der Waals surface area contributed by atoms with Crippen LogP contribution in [0.4, 0.5) is 5.69 Å². The number of halogens is 3. The first-order valence-corrected chi connectivity index (χ1v) is 9.79. The van der Waals surface area contributed by atoms with Gasteiger partial charge in [-0.1, -0.05) is 64.6 Å². The molecule has 1 fully saturated rings. The van der Waals surface area contributed by atoms with Crippen LogP contribution in [0.1, 0.15) is 24.0 Å². The van der Waals surface area contributed by atoms with Gasteiger partial charge in [0.2, 0.25) is 5.91 Å². The Bertz CT molecular complexity index is 792. The number of hydrogen-bond donors (Lipinski definition) is 1. The number of carbonyl (C=O) groups excluding carboxylic acids is 1. The Balaban J connectivity index is 1.62. The van der Waals surface area contributed by atoms with Crippen LogP contribution in [0.15, 0.2) is 36.4 Å². The van der Waals surface area contributed by atoms with Crippen LogP contribution in [0.5, 0.6) is 0 Å². The normalized spacial score (nSPS) is 17.9. The van der Waals surface area contributed by atoms with Gasteiger partial charge in [0.15, 0.2) is 0 Å². The standard InChI is InChI=1S/C20H21Cl3N2O/c1-13-4-6-14(7-5-13)11-25-8-2-3-15(12-25)20(26)24-19-10-17(22)16(21)9-18(19)23/h4-7,9-10,15H,2-3,8,11-12H2,1H3,(H,24,26). The van der Waals surface area contributed by atoms with Gasteiger partial charge in [-0.3, -0.25) is 9.69 Å². The third-order valence-corrected chi connectivity index (χ3v) is 5.71. The predicted octanol–water partition coefficient (Wildman–Crippen LogP) is 5.81. The largest absolute Gasteiger partial charge is 0.324 e. The number of rotatable bonds is 4. The number of aryl methyl sites for hydroxylation is 1. The molecule has 1 atom stereocenters. The maximum absolute atomic E-state index is 12.7. The summed E-state index contributed by atoms with van der Waals surface area (Å²) in [6.45, 7) is 4.68. The molecule has 6 heteroatoms. The van der Waals surface area contributed by atoms with Gasteiger partial charge >= 0.3 is 0 Å². The Morgan fingerprint density at radius 3 is 2.54 bits per heavy atom. The van der Waals surface area contributed by atoms with Crippen molar-refractivity contribution in [2.75, 3.05) is 18.4 Å². The fraction of sp³-hybridized carbons (Fsp3) is 0.350. The van der Waals surface area contributed by atoms with Crippen molar-refractivity contribution in [1.29, 1.82) is 0 Å². The first-order valence-electron chi connectivity index (χ1n) is 8.65. The summed E-state index contributed by atoms with van der Waals surface area (Å²) in [4.78, 5) is 15.0. The topological polar surface area (TPSA) is 32.3 Å². The molecule has 1 N–H and O–H groups in total. The van der Waals surface area contributed by atoms with E-state index in [1.165, 1.54) is 11.1 Å². The number of anilines is 1. The second-order valence-electron chi connectivity index (χ2n) is 6.80. The summed E-state index contributed by atoms with van der Waals surface area (Å²) in [5.41, 5.74) is 3.02. The highest BCUT2D eigenvalue weighted by molar-refractivity contribution is 6.44. The van der Waals surface area contributed by atoms with Crippen molar-refractivity contribution in [1.82, 2.24) is 4.90 Å². The quantitative estimate of drug-likeness (QED) is 0.644. The van der Waals surface area contributed by atoms with E-state index in [0.29, 0.717) is 20.8 Å². The lowest BCUT2D eigenvalue weighted by Crippen LogP contribution is -2.40. The van der Waals surface area contributed by atoms with E-state index in [1.807, 2.05) is 0 Å². The van der Waals surface area contributed by atoms with E-state index in [-0.39, 0.29) is 11.8 Å². The minimum atomic E-state index is -0.0697. The van der Waals surface area contributed by atoms with E-state index >= 15 is 0 Å². The fourth-order valence-electron chi connectivity index (χ4n) is 3.22. The SMILES string of the molecule is Cc1ccc(CN2CCCC(C(=O)Nc3cc(Cl)c(Cl)cc3Cl)C2)cc1. The fourth-order valence-corrected chi connectivity index (χ4v) is 3.81. The van der Waals surface area contributed by atoms with Crippen LogP contribution in [0.2, 0.25) is 15.1 Å². The summed E-state index contributed by atoms with van der Waals surface area (Å²) in [6.07, 6.45) is 1.87. The molecule has 2 aromatic rings. The molecule has 1 amide bonds. The molecule has 0 aromatic heterocycles. The Labute approximate surface area is 169 Å². The van der Waals surface area contributed by atoms with Gasteiger partial charge in [0.05, 0.1) is 26.7 Å². The molecule has 1 saturated heterocycles. The van der Waals surface area contributed by atoms with Gasteiger partial charge in [-0.25, -0.2) is 0 Å². The highest BCUT2D eigenvalue weighted by Crippen LogP contribution is 2.33. The van der Waals surface area contributed by atoms with Gasteiger partial charge in [-0.05, 0) is 44.0 Å². The molecular formula is C20H21Cl3N2O. The van der Waals surface area contributed by atoms with Crippen molar-refractivity contribution in [3.8, 4) is 0 Å². The molecule has 1 heterocycles. The Morgan fingerprint density at radius 1 is 1.12 bits per heavy atom. The lowest BCUT2D eigenvalue weighted by Gasteiger charge is -2.32. The zero-order valence-corrected chi connectivity index (χ0v) is 16.8. The van der Waals surface area contributed by atoms with Crippen LogP contribution >= 0.6 is 34.8 Å². The van der Waals surface area contributed by atoms with Crippen molar-refractivity contribution in [2.45, 2.75) is 26.3 Å². The first-order chi connectivity index (χ1) is 12.4. The van der Waals surface area contributed by atoms with Crippen molar-refractivity contribution in [3.05, 3.63) is 62.6 Å². The minimum Gasteiger partial charge on any atom is -0.324 e. The number of nitrogens with zero attached hydrogens (tertiary/aromatic N) is 1. The van der Waals surface area contributed by atoms with E-state index in [0.717, 1.165) is 32.5 Å². The third kappa shape index (κ3) is 4.92. The molecular weight excluding hydrogens is 391 g/mol. The average molecular weight is 412 g/mol. The summed E-state index contributed by atoms with van der Waals surface area (Å²) >= 11 is 18.1. The third-order valence-electron chi connectivity index (χ3n) is 4.67. The summed E-state index contributed by atoms with van der Waals surface area (Å²) < 4.78 is 0.